The van der Waals surface area contributed by atoms with Gasteiger partial charge in [0.1, 0.15) is 5.82 Å². The summed E-state index contributed by atoms with van der Waals surface area (Å²) in [5, 5.41) is 2.77. The molecule has 29 heavy (non-hydrogen) atoms. The molecule has 0 aliphatic heterocycles. The molecule has 0 atom stereocenters. The van der Waals surface area contributed by atoms with E-state index in [1.807, 2.05) is 0 Å². The minimum Gasteiger partial charge on any atom is -0.348 e. The molecule has 0 saturated carbocycles. The van der Waals surface area contributed by atoms with Crippen molar-refractivity contribution in [2.75, 3.05) is 11.4 Å². The number of hydrogen-bond acceptors (Lipinski definition) is 3. The summed E-state index contributed by atoms with van der Waals surface area (Å²) in [4.78, 5) is 12.6. The zero-order valence-electron chi connectivity index (χ0n) is 15.5. The molecule has 1 N–H and O–H groups in total. The van der Waals surface area contributed by atoms with Crippen LogP contribution in [0.2, 0.25) is 5.02 Å². The van der Waals surface area contributed by atoms with Gasteiger partial charge in [-0.05, 0) is 48.0 Å². The number of benzene rings is 3. The maximum atomic E-state index is 13.2. The van der Waals surface area contributed by atoms with E-state index in [-0.39, 0.29) is 27.8 Å². The van der Waals surface area contributed by atoms with E-state index in [1.54, 1.807) is 30.3 Å². The van der Waals surface area contributed by atoms with Crippen molar-refractivity contribution in [3.63, 3.8) is 0 Å². The van der Waals surface area contributed by atoms with E-state index in [2.05, 4.69) is 5.32 Å². The molecule has 0 saturated heterocycles. The first-order chi connectivity index (χ1) is 13.8. The van der Waals surface area contributed by atoms with Gasteiger partial charge < -0.3 is 5.32 Å². The fourth-order valence-corrected chi connectivity index (χ4v) is 4.17. The summed E-state index contributed by atoms with van der Waals surface area (Å²) in [6.07, 6.45) is 0. The number of nitrogens with zero attached hydrogens (tertiary/aromatic N) is 1. The summed E-state index contributed by atoms with van der Waals surface area (Å²) >= 11 is 6.23. The molecule has 0 aliphatic carbocycles. The summed E-state index contributed by atoms with van der Waals surface area (Å²) in [6.45, 7) is 0.136. The normalized spacial score (nSPS) is 11.1. The second-order valence-corrected chi connectivity index (χ2v) is 8.64. The number of anilines is 1. The van der Waals surface area contributed by atoms with Crippen LogP contribution in [0.15, 0.2) is 77.7 Å². The fourth-order valence-electron chi connectivity index (χ4n) is 2.70. The topological polar surface area (TPSA) is 66.5 Å². The lowest BCUT2D eigenvalue weighted by Crippen LogP contribution is -2.27. The number of halogens is 2. The van der Waals surface area contributed by atoms with Crippen molar-refractivity contribution in [3.8, 4) is 0 Å². The van der Waals surface area contributed by atoms with Crippen LogP contribution in [0.1, 0.15) is 15.9 Å². The third-order valence-electron chi connectivity index (χ3n) is 4.30. The number of sulfonamides is 1. The van der Waals surface area contributed by atoms with Gasteiger partial charge in [-0.2, -0.15) is 0 Å². The molecule has 0 aromatic heterocycles. The molecule has 1 amide bonds. The SMILES string of the molecule is CN(c1ccc(C(=O)NCc2cccc(F)c2)c(Cl)c1)S(=O)(=O)c1ccccc1. The predicted molar refractivity (Wildman–Crippen MR) is 111 cm³/mol. The molecule has 5 nitrogen and oxygen atoms in total. The second-order valence-electron chi connectivity index (χ2n) is 6.26. The molecule has 0 bridgehead atoms. The molecule has 0 unspecified atom stereocenters. The van der Waals surface area contributed by atoms with Crippen LogP contribution < -0.4 is 9.62 Å². The quantitative estimate of drug-likeness (QED) is 0.633. The van der Waals surface area contributed by atoms with E-state index in [0.29, 0.717) is 11.3 Å². The lowest BCUT2D eigenvalue weighted by atomic mass is 10.1. The Hall–Kier alpha value is -2.90. The Morgan fingerprint density at radius 1 is 1.03 bits per heavy atom. The Balaban J connectivity index is 1.76. The number of rotatable bonds is 6. The Morgan fingerprint density at radius 2 is 1.76 bits per heavy atom. The first-order valence-electron chi connectivity index (χ1n) is 8.65. The Kier molecular flexibility index (Phi) is 6.20. The maximum Gasteiger partial charge on any atom is 0.264 e. The van der Waals surface area contributed by atoms with Gasteiger partial charge in [-0.3, -0.25) is 9.10 Å². The van der Waals surface area contributed by atoms with Crippen LogP contribution >= 0.6 is 11.6 Å². The highest BCUT2D eigenvalue weighted by atomic mass is 35.5. The predicted octanol–water partition coefficient (Wildman–Crippen LogP) is 4.23. The van der Waals surface area contributed by atoms with E-state index in [1.165, 1.54) is 49.5 Å². The van der Waals surface area contributed by atoms with E-state index in [9.17, 15) is 17.6 Å². The number of hydrogen-bond donors (Lipinski definition) is 1. The van der Waals surface area contributed by atoms with E-state index < -0.39 is 15.9 Å². The largest absolute Gasteiger partial charge is 0.348 e. The minimum absolute atomic E-state index is 0.106. The molecule has 8 heteroatoms. The van der Waals surface area contributed by atoms with Gasteiger partial charge >= 0.3 is 0 Å². The lowest BCUT2D eigenvalue weighted by Gasteiger charge is -2.20. The molecule has 0 spiro atoms. The van der Waals surface area contributed by atoms with Gasteiger partial charge in [0.15, 0.2) is 0 Å². The summed E-state index contributed by atoms with van der Waals surface area (Å²) < 4.78 is 39.8. The number of nitrogens with one attached hydrogen (secondary N) is 1. The van der Waals surface area contributed by atoms with Crippen LogP contribution in [0.4, 0.5) is 10.1 Å². The molecular weight excluding hydrogens is 415 g/mol. The van der Waals surface area contributed by atoms with Crippen molar-refractivity contribution >= 4 is 33.2 Å². The molecule has 0 aliphatic rings. The van der Waals surface area contributed by atoms with Crippen molar-refractivity contribution in [2.45, 2.75) is 11.4 Å². The van der Waals surface area contributed by atoms with Crippen LogP contribution in [0.25, 0.3) is 0 Å². The Bertz CT molecular complexity index is 1140. The average Bonchev–Trinajstić information content (AvgIpc) is 2.72. The molecular formula is C21H18ClFN2O3S. The zero-order chi connectivity index (χ0) is 21.0. The number of amides is 1. The second kappa shape index (κ2) is 8.63. The van der Waals surface area contributed by atoms with E-state index >= 15 is 0 Å². The molecule has 0 heterocycles. The maximum absolute atomic E-state index is 13.2. The van der Waals surface area contributed by atoms with Crippen LogP contribution in [-0.2, 0) is 16.6 Å². The molecule has 3 rings (SSSR count). The van der Waals surface area contributed by atoms with Crippen LogP contribution in [-0.4, -0.2) is 21.4 Å². The zero-order valence-corrected chi connectivity index (χ0v) is 17.0. The smallest absolute Gasteiger partial charge is 0.264 e. The van der Waals surface area contributed by atoms with E-state index in [4.69, 9.17) is 11.6 Å². The summed E-state index contributed by atoms with van der Waals surface area (Å²) in [5.74, 6) is -0.832. The highest BCUT2D eigenvalue weighted by Crippen LogP contribution is 2.27. The highest BCUT2D eigenvalue weighted by Gasteiger charge is 2.22. The van der Waals surface area contributed by atoms with Gasteiger partial charge in [-0.25, -0.2) is 12.8 Å². The standard InChI is InChI=1S/C21H18ClFN2O3S/c1-25(29(27,28)18-8-3-2-4-9-18)17-10-11-19(20(22)13-17)21(26)24-14-15-6-5-7-16(23)12-15/h2-13H,14H2,1H3,(H,24,26). The molecule has 150 valence electrons. The Labute approximate surface area is 173 Å². The van der Waals surface area contributed by atoms with E-state index in [0.717, 1.165) is 4.31 Å². The fraction of sp³-hybridized carbons (Fsp3) is 0.0952. The van der Waals surface area contributed by atoms with Crippen molar-refractivity contribution in [1.82, 2.24) is 5.32 Å². The van der Waals surface area contributed by atoms with Gasteiger partial charge in [0, 0.05) is 13.6 Å². The third kappa shape index (κ3) is 4.75. The molecule has 3 aromatic rings. The van der Waals surface area contributed by atoms with Crippen molar-refractivity contribution < 1.29 is 17.6 Å². The first kappa shape index (κ1) is 20.8. The van der Waals surface area contributed by atoms with Gasteiger partial charge in [-0.15, -0.1) is 0 Å². The van der Waals surface area contributed by atoms with Gasteiger partial charge in [0.05, 0.1) is 21.2 Å². The van der Waals surface area contributed by atoms with Crippen molar-refractivity contribution in [3.05, 3.63) is 94.8 Å². The Morgan fingerprint density at radius 3 is 2.41 bits per heavy atom. The van der Waals surface area contributed by atoms with Crippen molar-refractivity contribution in [1.29, 1.82) is 0 Å². The van der Waals surface area contributed by atoms with Crippen LogP contribution in [0, 0.1) is 5.82 Å². The lowest BCUT2D eigenvalue weighted by molar-refractivity contribution is 0.0951. The summed E-state index contributed by atoms with van der Waals surface area (Å²) in [6, 6.07) is 18.3. The van der Waals surface area contributed by atoms with Crippen molar-refractivity contribution in [2.24, 2.45) is 0 Å². The molecule has 0 fully saturated rings. The number of carbonyl (C=O) groups excluding carboxylic acids is 1. The summed E-state index contributed by atoms with van der Waals surface area (Å²) in [5.41, 5.74) is 1.12. The highest BCUT2D eigenvalue weighted by molar-refractivity contribution is 7.92. The van der Waals surface area contributed by atoms with Gasteiger partial charge in [-0.1, -0.05) is 41.9 Å². The van der Waals surface area contributed by atoms with Crippen LogP contribution in [0.5, 0.6) is 0 Å². The molecule has 3 aromatic carbocycles. The van der Waals surface area contributed by atoms with Gasteiger partial charge in [0.25, 0.3) is 15.9 Å². The molecule has 0 radical (unpaired) electrons. The summed E-state index contributed by atoms with van der Waals surface area (Å²) in [7, 11) is -2.34. The monoisotopic (exact) mass is 432 g/mol. The minimum atomic E-state index is -3.75. The number of carbonyl (C=O) groups is 1. The average molecular weight is 433 g/mol. The van der Waals surface area contributed by atoms with Gasteiger partial charge in [0.2, 0.25) is 0 Å². The first-order valence-corrected chi connectivity index (χ1v) is 10.5. The third-order valence-corrected chi connectivity index (χ3v) is 6.42. The van der Waals surface area contributed by atoms with Crippen LogP contribution in [0.3, 0.4) is 0 Å².